The van der Waals surface area contributed by atoms with Crippen molar-refractivity contribution in [3.05, 3.63) is 90.7 Å². The minimum atomic E-state index is 0.410. The van der Waals surface area contributed by atoms with E-state index < -0.39 is 0 Å². The quantitative estimate of drug-likeness (QED) is 0.228. The first-order valence-electron chi connectivity index (χ1n) is 10.2. The number of aryl methyl sites for hydroxylation is 1. The second kappa shape index (κ2) is 10.7. The zero-order valence-corrected chi connectivity index (χ0v) is 22.9. The van der Waals surface area contributed by atoms with Crippen molar-refractivity contribution in [1.29, 1.82) is 0 Å². The van der Waals surface area contributed by atoms with Gasteiger partial charge in [-0.25, -0.2) is 0 Å². The number of rotatable bonds is 6. The molecule has 0 bridgehead atoms. The van der Waals surface area contributed by atoms with Gasteiger partial charge in [0.15, 0.2) is 10.9 Å². The fraction of sp³-hybridized carbons (Fsp3) is 0.174. The Hall–Kier alpha value is -2.10. The lowest BCUT2D eigenvalue weighted by atomic mass is 10.2. The highest BCUT2D eigenvalue weighted by Gasteiger charge is 2.16. The van der Waals surface area contributed by atoms with Crippen molar-refractivity contribution in [3.8, 4) is 0 Å². The van der Waals surface area contributed by atoms with Crippen LogP contribution < -0.4 is 10.6 Å². The number of benzene rings is 2. The Morgan fingerprint density at radius 3 is 2.38 bits per heavy atom. The number of nitrogens with zero attached hydrogens (tertiary/aromatic N) is 4. The van der Waals surface area contributed by atoms with E-state index in [1.807, 2.05) is 65.8 Å². The Morgan fingerprint density at radius 2 is 1.68 bits per heavy atom. The van der Waals surface area contributed by atoms with Crippen molar-refractivity contribution in [2.75, 3.05) is 10.6 Å². The second-order valence-corrected chi connectivity index (χ2v) is 10.2. The number of halogens is 4. The average molecular weight is 599 g/mol. The van der Waals surface area contributed by atoms with Gasteiger partial charge < -0.3 is 10.6 Å². The molecule has 4 rings (SSSR count). The molecule has 34 heavy (non-hydrogen) atoms. The second-order valence-electron chi connectivity index (χ2n) is 7.67. The van der Waals surface area contributed by atoms with Crippen LogP contribution in [-0.4, -0.2) is 24.7 Å². The van der Waals surface area contributed by atoms with Crippen molar-refractivity contribution < 1.29 is 0 Å². The van der Waals surface area contributed by atoms with Crippen molar-refractivity contribution in [1.82, 2.24) is 19.6 Å². The van der Waals surface area contributed by atoms with Gasteiger partial charge in [0.05, 0.1) is 34.6 Å². The molecule has 6 nitrogen and oxygen atoms in total. The Labute approximate surface area is 226 Å². The monoisotopic (exact) mass is 596 g/mol. The van der Waals surface area contributed by atoms with E-state index in [9.17, 15) is 0 Å². The molecular weight excluding hydrogens is 579 g/mol. The molecule has 0 saturated heterocycles. The molecule has 0 aliphatic heterocycles. The molecule has 176 valence electrons. The van der Waals surface area contributed by atoms with Crippen LogP contribution in [0, 0.1) is 13.8 Å². The number of anilines is 2. The van der Waals surface area contributed by atoms with Crippen LogP contribution in [0.1, 0.15) is 22.5 Å². The standard InChI is InChI=1S/C23H20BrCl3N6S/c1-13-21(14(2)33(30-13)11-16-5-8-18(26)9-20(16)27)28-23(34)29-22-19(24)12-32(31-22)10-15-3-6-17(25)7-4-15/h3-9,12H,10-11H2,1-2H3,(H2,28,29,31,34). The first-order chi connectivity index (χ1) is 16.2. The molecule has 0 aliphatic rings. The van der Waals surface area contributed by atoms with E-state index in [4.69, 9.17) is 47.0 Å². The molecule has 0 fully saturated rings. The topological polar surface area (TPSA) is 59.7 Å². The Morgan fingerprint density at radius 1 is 0.971 bits per heavy atom. The summed E-state index contributed by atoms with van der Waals surface area (Å²) in [7, 11) is 0. The van der Waals surface area contributed by atoms with Crippen LogP contribution >= 0.6 is 63.0 Å². The molecule has 2 heterocycles. The molecule has 0 amide bonds. The van der Waals surface area contributed by atoms with E-state index in [1.54, 1.807) is 6.07 Å². The summed E-state index contributed by atoms with van der Waals surface area (Å²) in [6.07, 6.45) is 1.89. The van der Waals surface area contributed by atoms with Crippen LogP contribution in [-0.2, 0) is 13.1 Å². The maximum atomic E-state index is 6.34. The molecule has 0 radical (unpaired) electrons. The number of thiocarbonyl (C=S) groups is 1. The minimum absolute atomic E-state index is 0.410. The van der Waals surface area contributed by atoms with Gasteiger partial charge in [-0.3, -0.25) is 9.36 Å². The van der Waals surface area contributed by atoms with Gasteiger partial charge >= 0.3 is 0 Å². The zero-order valence-electron chi connectivity index (χ0n) is 18.2. The molecule has 0 atom stereocenters. The van der Waals surface area contributed by atoms with Gasteiger partial charge in [0.25, 0.3) is 0 Å². The molecule has 2 aromatic heterocycles. The first-order valence-corrected chi connectivity index (χ1v) is 12.6. The zero-order chi connectivity index (χ0) is 24.4. The summed E-state index contributed by atoms with van der Waals surface area (Å²) in [6, 6.07) is 13.1. The molecule has 11 heteroatoms. The van der Waals surface area contributed by atoms with Crippen molar-refractivity contribution in [2.45, 2.75) is 26.9 Å². The third kappa shape index (κ3) is 5.93. The van der Waals surface area contributed by atoms with Crippen LogP contribution in [0.2, 0.25) is 15.1 Å². The summed E-state index contributed by atoms with van der Waals surface area (Å²) in [5.74, 6) is 0.613. The van der Waals surface area contributed by atoms with Crippen LogP contribution in [0.5, 0.6) is 0 Å². The summed E-state index contributed by atoms with van der Waals surface area (Å²) < 4.78 is 4.50. The van der Waals surface area contributed by atoms with Crippen LogP contribution in [0.25, 0.3) is 0 Å². The van der Waals surface area contributed by atoms with E-state index in [0.717, 1.165) is 32.7 Å². The highest BCUT2D eigenvalue weighted by molar-refractivity contribution is 9.10. The van der Waals surface area contributed by atoms with Crippen LogP contribution in [0.15, 0.2) is 53.1 Å². The lowest BCUT2D eigenvalue weighted by Gasteiger charge is -2.11. The van der Waals surface area contributed by atoms with Gasteiger partial charge in [0.2, 0.25) is 0 Å². The van der Waals surface area contributed by atoms with Gasteiger partial charge in [-0.05, 0) is 77.4 Å². The molecule has 4 aromatic rings. The molecule has 2 N–H and O–H groups in total. The van der Waals surface area contributed by atoms with Gasteiger partial charge in [-0.1, -0.05) is 53.0 Å². The number of hydrogen-bond donors (Lipinski definition) is 2. The Bertz CT molecular complexity index is 1350. The van der Waals surface area contributed by atoms with Gasteiger partial charge in [-0.2, -0.15) is 10.2 Å². The van der Waals surface area contributed by atoms with Crippen molar-refractivity contribution >= 4 is 79.6 Å². The third-order valence-electron chi connectivity index (χ3n) is 5.16. The third-order valence-corrected chi connectivity index (χ3v) is 6.79. The van der Waals surface area contributed by atoms with E-state index >= 15 is 0 Å². The molecule has 2 aromatic carbocycles. The fourth-order valence-corrected chi connectivity index (χ4v) is 4.64. The molecule has 0 saturated carbocycles. The fourth-order valence-electron chi connectivity index (χ4n) is 3.43. The summed E-state index contributed by atoms with van der Waals surface area (Å²) in [6.45, 7) is 5.03. The van der Waals surface area contributed by atoms with Gasteiger partial charge in [-0.15, -0.1) is 0 Å². The van der Waals surface area contributed by atoms with E-state index in [0.29, 0.717) is 39.1 Å². The normalized spacial score (nSPS) is 11.0. The Kier molecular flexibility index (Phi) is 7.84. The maximum absolute atomic E-state index is 6.34. The van der Waals surface area contributed by atoms with Gasteiger partial charge in [0, 0.05) is 21.3 Å². The largest absolute Gasteiger partial charge is 0.329 e. The Balaban J connectivity index is 1.44. The minimum Gasteiger partial charge on any atom is -0.329 e. The number of nitrogens with one attached hydrogen (secondary N) is 2. The highest BCUT2D eigenvalue weighted by atomic mass is 79.9. The lowest BCUT2D eigenvalue weighted by molar-refractivity contribution is 0.659. The number of hydrogen-bond acceptors (Lipinski definition) is 3. The molecule has 0 spiro atoms. The average Bonchev–Trinajstić information content (AvgIpc) is 3.24. The number of aromatic nitrogens is 4. The predicted molar refractivity (Wildman–Crippen MR) is 148 cm³/mol. The maximum Gasteiger partial charge on any atom is 0.176 e. The molecule has 0 aliphatic carbocycles. The SMILES string of the molecule is Cc1nn(Cc2ccc(Cl)cc2Cl)c(C)c1NC(=S)Nc1nn(Cc2ccc(Cl)cc2)cc1Br. The van der Waals surface area contributed by atoms with E-state index in [2.05, 4.69) is 36.8 Å². The summed E-state index contributed by atoms with van der Waals surface area (Å²) in [4.78, 5) is 0. The lowest BCUT2D eigenvalue weighted by Crippen LogP contribution is -2.20. The smallest absolute Gasteiger partial charge is 0.176 e. The predicted octanol–water partition coefficient (Wildman–Crippen LogP) is 7.32. The summed E-state index contributed by atoms with van der Waals surface area (Å²) in [5.41, 5.74) is 4.60. The molecule has 0 unspecified atom stereocenters. The summed E-state index contributed by atoms with van der Waals surface area (Å²) >= 11 is 27.4. The van der Waals surface area contributed by atoms with Crippen LogP contribution in [0.3, 0.4) is 0 Å². The molecular formula is C23H20BrCl3N6S. The van der Waals surface area contributed by atoms with E-state index in [1.165, 1.54) is 0 Å². The van der Waals surface area contributed by atoms with Crippen molar-refractivity contribution in [3.63, 3.8) is 0 Å². The summed E-state index contributed by atoms with van der Waals surface area (Å²) in [5, 5.41) is 17.9. The van der Waals surface area contributed by atoms with Crippen molar-refractivity contribution in [2.24, 2.45) is 0 Å². The highest BCUT2D eigenvalue weighted by Crippen LogP contribution is 2.26. The van der Waals surface area contributed by atoms with Gasteiger partial charge in [0.1, 0.15) is 0 Å². The van der Waals surface area contributed by atoms with Crippen LogP contribution in [0.4, 0.5) is 11.5 Å². The van der Waals surface area contributed by atoms with E-state index in [-0.39, 0.29) is 0 Å². The first kappa shape index (κ1) is 25.0.